The number of nitrogens with two attached hydrogens (primary N) is 1. The molecule has 0 aliphatic carbocycles. The fraction of sp³-hybridized carbons (Fsp3) is 0.600. The van der Waals surface area contributed by atoms with Crippen LogP contribution in [0.3, 0.4) is 0 Å². The van der Waals surface area contributed by atoms with E-state index in [1.165, 1.54) is 6.33 Å². The molecule has 4 N–H and O–H groups in total. The van der Waals surface area contributed by atoms with Gasteiger partial charge in [0.2, 0.25) is 0 Å². The van der Waals surface area contributed by atoms with E-state index in [1.54, 1.807) is 0 Å². The van der Waals surface area contributed by atoms with Crippen LogP contribution in [-0.4, -0.2) is 35.1 Å². The molecule has 0 radical (unpaired) electrons. The molecule has 1 aliphatic heterocycles. The van der Waals surface area contributed by atoms with Crippen LogP contribution in [-0.2, 0) is 0 Å². The van der Waals surface area contributed by atoms with Gasteiger partial charge in [-0.15, -0.1) is 0 Å². The van der Waals surface area contributed by atoms with Gasteiger partial charge < -0.3 is 20.9 Å². The third-order valence-electron chi connectivity index (χ3n) is 2.92. The Hall–Kier alpha value is -1.56. The molecule has 1 fully saturated rings. The van der Waals surface area contributed by atoms with Gasteiger partial charge in [-0.2, -0.15) is 0 Å². The van der Waals surface area contributed by atoms with Gasteiger partial charge in [0.25, 0.3) is 5.56 Å². The van der Waals surface area contributed by atoms with E-state index in [9.17, 15) is 4.79 Å². The minimum Gasteiger partial charge on any atom is -0.391 e. The van der Waals surface area contributed by atoms with Crippen LogP contribution >= 0.6 is 0 Å². The minimum atomic E-state index is -0.278. The highest BCUT2D eigenvalue weighted by molar-refractivity contribution is 5.62. The quantitative estimate of drug-likeness (QED) is 0.599. The maximum absolute atomic E-state index is 11.4. The summed E-state index contributed by atoms with van der Waals surface area (Å²) in [6.45, 7) is 6.72. The lowest BCUT2D eigenvalue weighted by atomic mass is 10.00. The van der Waals surface area contributed by atoms with Crippen molar-refractivity contribution in [2.45, 2.75) is 19.4 Å². The third-order valence-corrected chi connectivity index (χ3v) is 2.92. The van der Waals surface area contributed by atoms with E-state index < -0.39 is 0 Å². The molecule has 0 aromatic carbocycles. The summed E-state index contributed by atoms with van der Waals surface area (Å²) >= 11 is 0. The van der Waals surface area contributed by atoms with Crippen LogP contribution in [0.15, 0.2) is 11.1 Å². The summed E-state index contributed by atoms with van der Waals surface area (Å²) in [6, 6.07) is 0. The molecule has 88 valence electrons. The van der Waals surface area contributed by atoms with Gasteiger partial charge in [0.15, 0.2) is 5.82 Å². The number of nitrogen functional groups attached to an aromatic ring is 1. The molecule has 0 spiro atoms. The summed E-state index contributed by atoms with van der Waals surface area (Å²) in [5.41, 5.74) is 5.59. The summed E-state index contributed by atoms with van der Waals surface area (Å²) in [5.74, 6) is 0.579. The first-order chi connectivity index (χ1) is 7.52. The second-order valence-corrected chi connectivity index (χ2v) is 4.61. The number of anilines is 2. The van der Waals surface area contributed by atoms with Crippen LogP contribution in [0, 0.1) is 0 Å². The van der Waals surface area contributed by atoms with Gasteiger partial charge in [-0.25, -0.2) is 4.98 Å². The number of H-pyrrole nitrogens is 1. The standard InChI is InChI=1S/C10H17N5O/c1-10(2)5-12-3-4-15(10)8-7(11)9(16)14-6-13-8/h6,12H,3-5,11H2,1-2H3,(H,13,14,16). The van der Waals surface area contributed by atoms with Crippen molar-refractivity contribution in [3.05, 3.63) is 16.7 Å². The summed E-state index contributed by atoms with van der Waals surface area (Å²) in [4.78, 5) is 20.2. The van der Waals surface area contributed by atoms with E-state index in [1.807, 2.05) is 0 Å². The Morgan fingerprint density at radius 2 is 2.31 bits per heavy atom. The van der Waals surface area contributed by atoms with Crippen LogP contribution in [0.1, 0.15) is 13.8 Å². The zero-order valence-electron chi connectivity index (χ0n) is 9.58. The van der Waals surface area contributed by atoms with E-state index in [0.717, 1.165) is 19.6 Å². The Bertz CT molecular complexity index is 439. The molecule has 6 heteroatoms. The lowest BCUT2D eigenvalue weighted by Crippen LogP contribution is -2.58. The van der Waals surface area contributed by atoms with Crippen molar-refractivity contribution in [2.75, 3.05) is 30.3 Å². The molecule has 0 atom stereocenters. The predicted octanol–water partition coefficient (Wildman–Crippen LogP) is -0.460. The van der Waals surface area contributed by atoms with Crippen molar-refractivity contribution < 1.29 is 0 Å². The van der Waals surface area contributed by atoms with Crippen LogP contribution in [0.25, 0.3) is 0 Å². The highest BCUT2D eigenvalue weighted by Gasteiger charge is 2.32. The molecule has 16 heavy (non-hydrogen) atoms. The average Bonchev–Trinajstić information content (AvgIpc) is 2.22. The highest BCUT2D eigenvalue weighted by atomic mass is 16.1. The zero-order chi connectivity index (χ0) is 11.8. The molecule has 1 aliphatic rings. The van der Waals surface area contributed by atoms with Gasteiger partial charge in [-0.05, 0) is 13.8 Å². The number of rotatable bonds is 1. The van der Waals surface area contributed by atoms with E-state index >= 15 is 0 Å². The molecule has 1 aromatic heterocycles. The van der Waals surface area contributed by atoms with Gasteiger partial charge in [-0.1, -0.05) is 0 Å². The van der Waals surface area contributed by atoms with Crippen LogP contribution in [0.2, 0.25) is 0 Å². The van der Waals surface area contributed by atoms with E-state index in [-0.39, 0.29) is 16.8 Å². The molecular weight excluding hydrogens is 206 g/mol. The highest BCUT2D eigenvalue weighted by Crippen LogP contribution is 2.25. The Labute approximate surface area is 93.9 Å². The topological polar surface area (TPSA) is 87.0 Å². The lowest BCUT2D eigenvalue weighted by molar-refractivity contribution is 0.378. The Kier molecular flexibility index (Phi) is 2.59. The van der Waals surface area contributed by atoms with E-state index in [2.05, 4.69) is 34.0 Å². The summed E-state index contributed by atoms with van der Waals surface area (Å²) < 4.78 is 0. The van der Waals surface area contributed by atoms with Crippen molar-refractivity contribution in [1.29, 1.82) is 0 Å². The normalized spacial score (nSPS) is 19.8. The van der Waals surface area contributed by atoms with Crippen molar-refractivity contribution in [1.82, 2.24) is 15.3 Å². The predicted molar refractivity (Wildman–Crippen MR) is 63.6 cm³/mol. The second kappa shape index (κ2) is 3.79. The van der Waals surface area contributed by atoms with Crippen LogP contribution in [0.4, 0.5) is 11.5 Å². The smallest absolute Gasteiger partial charge is 0.276 e. The number of hydrogen-bond acceptors (Lipinski definition) is 5. The Balaban J connectivity index is 2.43. The molecular formula is C10H17N5O. The number of nitrogens with zero attached hydrogens (tertiary/aromatic N) is 2. The maximum Gasteiger partial charge on any atom is 0.276 e. The number of aromatic amines is 1. The van der Waals surface area contributed by atoms with Crippen molar-refractivity contribution in [3.63, 3.8) is 0 Å². The van der Waals surface area contributed by atoms with Crippen molar-refractivity contribution in [2.24, 2.45) is 0 Å². The first-order valence-electron chi connectivity index (χ1n) is 5.34. The summed E-state index contributed by atoms with van der Waals surface area (Å²) in [6.07, 6.45) is 1.39. The fourth-order valence-corrected chi connectivity index (χ4v) is 1.99. The lowest BCUT2D eigenvalue weighted by Gasteiger charge is -2.43. The molecule has 2 heterocycles. The number of nitrogens with one attached hydrogen (secondary N) is 2. The third kappa shape index (κ3) is 1.76. The molecule has 0 bridgehead atoms. The Morgan fingerprint density at radius 1 is 1.56 bits per heavy atom. The van der Waals surface area contributed by atoms with Crippen LogP contribution in [0.5, 0.6) is 0 Å². The molecule has 2 rings (SSSR count). The summed E-state index contributed by atoms with van der Waals surface area (Å²) in [7, 11) is 0. The molecule has 0 saturated carbocycles. The number of hydrogen-bond donors (Lipinski definition) is 3. The second-order valence-electron chi connectivity index (χ2n) is 4.61. The minimum absolute atomic E-state index is 0.0901. The molecule has 1 aromatic rings. The first-order valence-corrected chi connectivity index (χ1v) is 5.34. The summed E-state index contributed by atoms with van der Waals surface area (Å²) in [5, 5.41) is 3.31. The molecule has 0 unspecified atom stereocenters. The number of aromatic nitrogens is 2. The number of piperazine rings is 1. The first kappa shape index (κ1) is 10.9. The molecule has 1 saturated heterocycles. The van der Waals surface area contributed by atoms with Crippen molar-refractivity contribution in [3.8, 4) is 0 Å². The monoisotopic (exact) mass is 223 g/mol. The largest absolute Gasteiger partial charge is 0.391 e. The SMILES string of the molecule is CC1(C)CNCCN1c1nc[nH]c(=O)c1N. The van der Waals surface area contributed by atoms with Crippen molar-refractivity contribution >= 4 is 11.5 Å². The Morgan fingerprint density at radius 3 is 3.00 bits per heavy atom. The van der Waals surface area contributed by atoms with Gasteiger partial charge in [-0.3, -0.25) is 4.79 Å². The fourth-order valence-electron chi connectivity index (χ4n) is 1.99. The van der Waals surface area contributed by atoms with Gasteiger partial charge in [0.1, 0.15) is 5.69 Å². The molecule has 0 amide bonds. The maximum atomic E-state index is 11.4. The molecule has 6 nitrogen and oxygen atoms in total. The van der Waals surface area contributed by atoms with Gasteiger partial charge in [0, 0.05) is 25.2 Å². The van der Waals surface area contributed by atoms with Gasteiger partial charge >= 0.3 is 0 Å². The van der Waals surface area contributed by atoms with E-state index in [4.69, 9.17) is 5.73 Å². The van der Waals surface area contributed by atoms with Gasteiger partial charge in [0.05, 0.1) is 6.33 Å². The average molecular weight is 223 g/mol. The van der Waals surface area contributed by atoms with E-state index in [0.29, 0.717) is 5.82 Å². The van der Waals surface area contributed by atoms with Crippen LogP contribution < -0.4 is 21.5 Å². The zero-order valence-corrected chi connectivity index (χ0v) is 9.58.